The number of anilines is 1. The molecule has 0 bridgehead atoms. The molecule has 2 amide bonds. The third-order valence-electron chi connectivity index (χ3n) is 1.21. The lowest BCUT2D eigenvalue weighted by Gasteiger charge is -2.03. The Hall–Kier alpha value is -1.07. The van der Waals surface area contributed by atoms with E-state index in [2.05, 4.69) is 21.2 Å². The Morgan fingerprint density at radius 1 is 1.50 bits per heavy atom. The SMILES string of the molecule is NNC(=O)Nc1cccc(Br)c1. The molecule has 0 fully saturated rings. The van der Waals surface area contributed by atoms with Crippen LogP contribution in [0.3, 0.4) is 0 Å². The lowest BCUT2D eigenvalue weighted by molar-refractivity contribution is 0.252. The van der Waals surface area contributed by atoms with Crippen LogP contribution in [0.5, 0.6) is 0 Å². The predicted molar refractivity (Wildman–Crippen MR) is 50.5 cm³/mol. The maximum absolute atomic E-state index is 10.7. The second kappa shape index (κ2) is 4.08. The number of hydrazine groups is 1. The molecule has 0 unspecified atom stereocenters. The fourth-order valence-corrected chi connectivity index (χ4v) is 1.13. The third kappa shape index (κ3) is 2.52. The molecule has 1 aromatic rings. The van der Waals surface area contributed by atoms with Crippen molar-refractivity contribution in [2.24, 2.45) is 5.84 Å². The Labute approximate surface area is 78.2 Å². The summed E-state index contributed by atoms with van der Waals surface area (Å²) in [6.07, 6.45) is 0. The third-order valence-corrected chi connectivity index (χ3v) is 1.71. The van der Waals surface area contributed by atoms with Crippen molar-refractivity contribution in [1.29, 1.82) is 0 Å². The summed E-state index contributed by atoms with van der Waals surface area (Å²) in [6.45, 7) is 0. The molecule has 1 rings (SSSR count). The Morgan fingerprint density at radius 2 is 2.25 bits per heavy atom. The number of rotatable bonds is 1. The Kier molecular flexibility index (Phi) is 3.07. The van der Waals surface area contributed by atoms with E-state index < -0.39 is 6.03 Å². The van der Waals surface area contributed by atoms with Gasteiger partial charge in [0.05, 0.1) is 0 Å². The average molecular weight is 230 g/mol. The summed E-state index contributed by atoms with van der Waals surface area (Å²) in [7, 11) is 0. The van der Waals surface area contributed by atoms with Gasteiger partial charge in [0.15, 0.2) is 0 Å². The van der Waals surface area contributed by atoms with Crippen LogP contribution in [0.15, 0.2) is 28.7 Å². The van der Waals surface area contributed by atoms with Gasteiger partial charge in [-0.15, -0.1) is 0 Å². The number of nitrogens with two attached hydrogens (primary N) is 1. The van der Waals surface area contributed by atoms with Gasteiger partial charge >= 0.3 is 6.03 Å². The number of nitrogens with one attached hydrogen (secondary N) is 2. The quantitative estimate of drug-likeness (QED) is 0.388. The molecule has 0 saturated heterocycles. The number of halogens is 1. The zero-order chi connectivity index (χ0) is 8.97. The first-order valence-electron chi connectivity index (χ1n) is 3.25. The van der Waals surface area contributed by atoms with Gasteiger partial charge in [-0.3, -0.25) is 5.43 Å². The van der Waals surface area contributed by atoms with E-state index in [1.807, 2.05) is 17.6 Å². The molecule has 4 nitrogen and oxygen atoms in total. The summed E-state index contributed by atoms with van der Waals surface area (Å²) >= 11 is 3.27. The van der Waals surface area contributed by atoms with Crippen LogP contribution < -0.4 is 16.6 Å². The first-order chi connectivity index (χ1) is 5.72. The summed E-state index contributed by atoms with van der Waals surface area (Å²) in [6, 6.07) is 6.78. The van der Waals surface area contributed by atoms with Crippen LogP contribution in [0.2, 0.25) is 0 Å². The largest absolute Gasteiger partial charge is 0.333 e. The van der Waals surface area contributed by atoms with Gasteiger partial charge in [-0.05, 0) is 18.2 Å². The molecular formula is C7H8BrN3O. The maximum Gasteiger partial charge on any atom is 0.333 e. The van der Waals surface area contributed by atoms with E-state index >= 15 is 0 Å². The second-order valence-electron chi connectivity index (χ2n) is 2.11. The minimum Gasteiger partial charge on any atom is -0.307 e. The van der Waals surface area contributed by atoms with Gasteiger partial charge in [-0.2, -0.15) is 0 Å². The number of carbonyl (C=O) groups excluding carboxylic acids is 1. The van der Waals surface area contributed by atoms with Crippen LogP contribution in [0.25, 0.3) is 0 Å². The summed E-state index contributed by atoms with van der Waals surface area (Å²) < 4.78 is 0.900. The summed E-state index contributed by atoms with van der Waals surface area (Å²) in [4.78, 5) is 10.7. The smallest absolute Gasteiger partial charge is 0.307 e. The van der Waals surface area contributed by atoms with Crippen molar-refractivity contribution in [3.8, 4) is 0 Å². The van der Waals surface area contributed by atoms with E-state index in [4.69, 9.17) is 5.84 Å². The Balaban J connectivity index is 2.69. The first kappa shape index (κ1) is 9.02. The van der Waals surface area contributed by atoms with Crippen LogP contribution in [0.1, 0.15) is 0 Å². The van der Waals surface area contributed by atoms with Crippen molar-refractivity contribution in [2.75, 3.05) is 5.32 Å². The van der Waals surface area contributed by atoms with Gasteiger partial charge in [0.2, 0.25) is 0 Å². The number of amides is 2. The highest BCUT2D eigenvalue weighted by Crippen LogP contribution is 2.15. The minimum absolute atomic E-state index is 0.437. The summed E-state index contributed by atoms with van der Waals surface area (Å²) in [5.41, 5.74) is 2.65. The highest BCUT2D eigenvalue weighted by molar-refractivity contribution is 9.10. The van der Waals surface area contributed by atoms with E-state index in [1.54, 1.807) is 12.1 Å². The first-order valence-corrected chi connectivity index (χ1v) is 4.05. The molecule has 4 N–H and O–H groups in total. The molecule has 0 saturated carbocycles. The van der Waals surface area contributed by atoms with Crippen LogP contribution in [-0.4, -0.2) is 6.03 Å². The molecule has 0 spiro atoms. The van der Waals surface area contributed by atoms with Crippen LogP contribution in [-0.2, 0) is 0 Å². The summed E-state index contributed by atoms with van der Waals surface area (Å²) in [5, 5.41) is 2.53. The fourth-order valence-electron chi connectivity index (χ4n) is 0.733. The molecule has 64 valence electrons. The Morgan fingerprint density at radius 3 is 2.83 bits per heavy atom. The van der Waals surface area contributed by atoms with Gasteiger partial charge < -0.3 is 5.32 Å². The molecule has 0 aliphatic rings. The summed E-state index contributed by atoms with van der Waals surface area (Å²) in [5.74, 6) is 4.88. The van der Waals surface area contributed by atoms with Crippen LogP contribution >= 0.6 is 15.9 Å². The molecule has 5 heteroatoms. The zero-order valence-corrected chi connectivity index (χ0v) is 7.76. The molecule has 0 aliphatic heterocycles. The average Bonchev–Trinajstić information content (AvgIpc) is 2.04. The van der Waals surface area contributed by atoms with Crippen molar-refractivity contribution in [2.45, 2.75) is 0 Å². The lowest BCUT2D eigenvalue weighted by Crippen LogP contribution is -2.34. The van der Waals surface area contributed by atoms with Gasteiger partial charge in [-0.1, -0.05) is 22.0 Å². The van der Waals surface area contributed by atoms with Crippen molar-refractivity contribution in [3.05, 3.63) is 28.7 Å². The van der Waals surface area contributed by atoms with E-state index in [0.717, 1.165) is 4.47 Å². The van der Waals surface area contributed by atoms with Gasteiger partial charge in [-0.25, -0.2) is 10.6 Å². The molecule has 0 atom stereocenters. The van der Waals surface area contributed by atoms with Crippen molar-refractivity contribution < 1.29 is 4.79 Å². The molecule has 12 heavy (non-hydrogen) atoms. The van der Waals surface area contributed by atoms with Crippen LogP contribution in [0, 0.1) is 0 Å². The maximum atomic E-state index is 10.7. The van der Waals surface area contributed by atoms with Crippen molar-refractivity contribution in [1.82, 2.24) is 5.43 Å². The normalized spacial score (nSPS) is 9.17. The zero-order valence-electron chi connectivity index (χ0n) is 6.17. The van der Waals surface area contributed by atoms with Gasteiger partial charge in [0, 0.05) is 10.2 Å². The fraction of sp³-hybridized carbons (Fsp3) is 0. The van der Waals surface area contributed by atoms with Crippen molar-refractivity contribution >= 4 is 27.6 Å². The molecule has 1 aromatic carbocycles. The van der Waals surface area contributed by atoms with Gasteiger partial charge in [0.25, 0.3) is 0 Å². The molecule has 0 radical (unpaired) electrons. The van der Waals surface area contributed by atoms with E-state index in [1.165, 1.54) is 0 Å². The number of urea groups is 1. The predicted octanol–water partition coefficient (Wildman–Crippen LogP) is 1.44. The van der Waals surface area contributed by atoms with Crippen LogP contribution in [0.4, 0.5) is 10.5 Å². The Bertz CT molecular complexity index is 290. The number of hydrogen-bond acceptors (Lipinski definition) is 2. The molecule has 0 aliphatic carbocycles. The minimum atomic E-state index is -0.437. The number of hydrogen-bond donors (Lipinski definition) is 3. The highest BCUT2D eigenvalue weighted by Gasteiger charge is 1.97. The molecule has 0 aromatic heterocycles. The van der Waals surface area contributed by atoms with Crippen molar-refractivity contribution in [3.63, 3.8) is 0 Å². The van der Waals surface area contributed by atoms with Gasteiger partial charge in [0.1, 0.15) is 0 Å². The monoisotopic (exact) mass is 229 g/mol. The highest BCUT2D eigenvalue weighted by atomic mass is 79.9. The second-order valence-corrected chi connectivity index (χ2v) is 3.02. The topological polar surface area (TPSA) is 67.1 Å². The van der Waals surface area contributed by atoms with E-state index in [9.17, 15) is 4.79 Å². The standard InChI is InChI=1S/C7H8BrN3O/c8-5-2-1-3-6(4-5)10-7(12)11-9/h1-4H,9H2,(H2,10,11,12). The lowest BCUT2D eigenvalue weighted by atomic mass is 10.3. The van der Waals surface area contributed by atoms with E-state index in [-0.39, 0.29) is 0 Å². The number of benzene rings is 1. The number of carbonyl (C=O) groups is 1. The molecule has 0 heterocycles. The molecular weight excluding hydrogens is 222 g/mol. The van der Waals surface area contributed by atoms with E-state index in [0.29, 0.717) is 5.69 Å².